The number of carbonyl (C=O) groups is 1. The van der Waals surface area contributed by atoms with Gasteiger partial charge in [-0.15, -0.1) is 0 Å². The van der Waals surface area contributed by atoms with Crippen LogP contribution in [0.25, 0.3) is 0 Å². The van der Waals surface area contributed by atoms with Gasteiger partial charge in [0.15, 0.2) is 0 Å². The fourth-order valence-electron chi connectivity index (χ4n) is 2.58. The molecule has 0 aliphatic heterocycles. The van der Waals surface area contributed by atoms with Crippen LogP contribution >= 0.6 is 0 Å². The lowest BCUT2D eigenvalue weighted by molar-refractivity contribution is 0.102. The molecule has 0 radical (unpaired) electrons. The van der Waals surface area contributed by atoms with E-state index in [1.165, 1.54) is 24.3 Å². The number of sulfonamides is 1. The summed E-state index contributed by atoms with van der Waals surface area (Å²) in [5, 5.41) is 11.7. The van der Waals surface area contributed by atoms with Crippen LogP contribution in [0.2, 0.25) is 0 Å². The lowest BCUT2D eigenvalue weighted by Gasteiger charge is -2.11. The Labute approximate surface area is 163 Å². The molecular weight excluding hydrogens is 374 g/mol. The van der Waals surface area contributed by atoms with Crippen molar-refractivity contribution in [3.05, 3.63) is 89.5 Å². The number of carbonyl (C=O) groups excluding carboxylic acids is 1. The Morgan fingerprint density at radius 1 is 0.964 bits per heavy atom. The summed E-state index contributed by atoms with van der Waals surface area (Å²) in [6.07, 6.45) is 0. The van der Waals surface area contributed by atoms with Crippen molar-refractivity contribution in [2.24, 2.45) is 0 Å². The number of amides is 1. The van der Waals surface area contributed by atoms with E-state index in [0.29, 0.717) is 11.3 Å². The van der Waals surface area contributed by atoms with Crippen molar-refractivity contribution in [1.82, 2.24) is 0 Å². The van der Waals surface area contributed by atoms with Crippen LogP contribution in [0.3, 0.4) is 0 Å². The van der Waals surface area contributed by atoms with Crippen LogP contribution in [0.5, 0.6) is 0 Å². The van der Waals surface area contributed by atoms with Crippen molar-refractivity contribution in [3.63, 3.8) is 0 Å². The molecule has 140 valence electrons. The van der Waals surface area contributed by atoms with Crippen molar-refractivity contribution in [3.8, 4) is 6.07 Å². The maximum Gasteiger partial charge on any atom is 0.261 e. The third-order valence-electron chi connectivity index (χ3n) is 4.04. The molecule has 0 aliphatic rings. The number of hydrogen-bond acceptors (Lipinski definition) is 4. The van der Waals surface area contributed by atoms with Crippen molar-refractivity contribution >= 4 is 27.3 Å². The van der Waals surface area contributed by atoms with Gasteiger partial charge in [0, 0.05) is 11.3 Å². The Bertz CT molecular complexity index is 1180. The molecule has 0 spiro atoms. The Kier molecular flexibility index (Phi) is 5.43. The highest BCUT2D eigenvalue weighted by atomic mass is 32.2. The SMILES string of the molecule is Cc1ccccc1NC(=O)c1cccc(S(=O)(=O)Nc2cccc(C#N)c2)c1. The van der Waals surface area contributed by atoms with Crippen LogP contribution in [0.4, 0.5) is 11.4 Å². The van der Waals surface area contributed by atoms with E-state index in [4.69, 9.17) is 5.26 Å². The predicted molar refractivity (Wildman–Crippen MR) is 108 cm³/mol. The Hall–Kier alpha value is -3.63. The summed E-state index contributed by atoms with van der Waals surface area (Å²) < 4.78 is 27.7. The first-order chi connectivity index (χ1) is 13.4. The van der Waals surface area contributed by atoms with Crippen LogP contribution < -0.4 is 10.0 Å². The lowest BCUT2D eigenvalue weighted by Crippen LogP contribution is -2.16. The number of para-hydroxylation sites is 1. The first-order valence-electron chi connectivity index (χ1n) is 8.39. The van der Waals surface area contributed by atoms with Crippen molar-refractivity contribution < 1.29 is 13.2 Å². The van der Waals surface area contributed by atoms with Gasteiger partial charge in [0.05, 0.1) is 22.2 Å². The molecule has 3 aromatic carbocycles. The highest BCUT2D eigenvalue weighted by Crippen LogP contribution is 2.20. The van der Waals surface area contributed by atoms with Crippen LogP contribution in [0.15, 0.2) is 77.7 Å². The minimum atomic E-state index is -3.91. The third-order valence-corrected chi connectivity index (χ3v) is 5.42. The molecule has 0 saturated carbocycles. The van der Waals surface area contributed by atoms with Gasteiger partial charge in [-0.05, 0) is 55.0 Å². The topological polar surface area (TPSA) is 99.1 Å². The van der Waals surface area contributed by atoms with Gasteiger partial charge in [-0.2, -0.15) is 5.26 Å². The lowest BCUT2D eigenvalue weighted by atomic mass is 10.1. The van der Waals surface area contributed by atoms with Crippen LogP contribution in [-0.2, 0) is 10.0 Å². The molecule has 28 heavy (non-hydrogen) atoms. The number of nitrogens with zero attached hydrogens (tertiary/aromatic N) is 1. The van der Waals surface area contributed by atoms with Gasteiger partial charge in [0.1, 0.15) is 0 Å². The summed E-state index contributed by atoms with van der Waals surface area (Å²) in [6.45, 7) is 1.87. The highest BCUT2D eigenvalue weighted by Gasteiger charge is 2.17. The van der Waals surface area contributed by atoms with E-state index < -0.39 is 15.9 Å². The van der Waals surface area contributed by atoms with Crippen molar-refractivity contribution in [2.75, 3.05) is 10.0 Å². The van der Waals surface area contributed by atoms with E-state index in [1.54, 1.807) is 30.3 Å². The van der Waals surface area contributed by atoms with Crippen LogP contribution in [0, 0.1) is 18.3 Å². The second kappa shape index (κ2) is 7.94. The number of benzene rings is 3. The number of aryl methyl sites for hydroxylation is 1. The van der Waals surface area contributed by atoms with Gasteiger partial charge in [-0.3, -0.25) is 9.52 Å². The average molecular weight is 391 g/mol. The van der Waals surface area contributed by atoms with Crippen LogP contribution in [-0.4, -0.2) is 14.3 Å². The molecule has 0 bridgehead atoms. The van der Waals surface area contributed by atoms with E-state index >= 15 is 0 Å². The first-order valence-corrected chi connectivity index (χ1v) is 9.87. The molecule has 0 saturated heterocycles. The zero-order valence-corrected chi connectivity index (χ0v) is 15.8. The molecule has 0 aromatic heterocycles. The highest BCUT2D eigenvalue weighted by molar-refractivity contribution is 7.92. The van der Waals surface area contributed by atoms with E-state index in [2.05, 4.69) is 10.0 Å². The van der Waals surface area contributed by atoms with Crippen molar-refractivity contribution in [1.29, 1.82) is 5.26 Å². The quantitative estimate of drug-likeness (QED) is 0.688. The number of hydrogen-bond donors (Lipinski definition) is 2. The monoisotopic (exact) mass is 391 g/mol. The predicted octanol–water partition coefficient (Wildman–Crippen LogP) is 3.92. The summed E-state index contributed by atoms with van der Waals surface area (Å²) >= 11 is 0. The second-order valence-corrected chi connectivity index (χ2v) is 7.78. The standard InChI is InChI=1S/C21H17N3O3S/c1-15-6-2-3-11-20(15)23-21(25)17-8-5-10-19(13-17)28(26,27)24-18-9-4-7-16(12-18)14-22/h2-13,24H,1H3,(H,23,25). The third kappa shape index (κ3) is 4.37. The van der Waals surface area contributed by atoms with Gasteiger partial charge in [0.2, 0.25) is 0 Å². The molecule has 0 fully saturated rings. The van der Waals surface area contributed by atoms with Gasteiger partial charge < -0.3 is 5.32 Å². The molecule has 0 atom stereocenters. The smallest absolute Gasteiger partial charge is 0.261 e. The molecule has 1 amide bonds. The maximum absolute atomic E-state index is 12.7. The Balaban J connectivity index is 1.84. The Morgan fingerprint density at radius 3 is 2.46 bits per heavy atom. The van der Waals surface area contributed by atoms with E-state index in [-0.39, 0.29) is 16.1 Å². The normalized spacial score (nSPS) is 10.7. The molecule has 7 heteroatoms. The zero-order valence-electron chi connectivity index (χ0n) is 15.0. The fourth-order valence-corrected chi connectivity index (χ4v) is 3.67. The number of anilines is 2. The summed E-state index contributed by atoms with van der Waals surface area (Å²) in [6, 6.07) is 21.2. The first kappa shape index (κ1) is 19.1. The van der Waals surface area contributed by atoms with E-state index in [0.717, 1.165) is 5.56 Å². The molecule has 0 heterocycles. The second-order valence-electron chi connectivity index (χ2n) is 6.09. The van der Waals surface area contributed by atoms with Crippen molar-refractivity contribution in [2.45, 2.75) is 11.8 Å². The molecular formula is C21H17N3O3S. The molecule has 2 N–H and O–H groups in total. The minimum absolute atomic E-state index is 0.0488. The summed E-state index contributed by atoms with van der Waals surface area (Å²) in [7, 11) is -3.91. The molecule has 6 nitrogen and oxygen atoms in total. The fraction of sp³-hybridized carbons (Fsp3) is 0.0476. The summed E-state index contributed by atoms with van der Waals surface area (Å²) in [5.41, 5.74) is 2.39. The Morgan fingerprint density at radius 2 is 1.71 bits per heavy atom. The molecule has 3 aromatic rings. The number of nitrogens with one attached hydrogen (secondary N) is 2. The van der Waals surface area contributed by atoms with Crippen LogP contribution in [0.1, 0.15) is 21.5 Å². The average Bonchev–Trinajstić information content (AvgIpc) is 2.69. The van der Waals surface area contributed by atoms with Gasteiger partial charge in [-0.25, -0.2) is 8.42 Å². The van der Waals surface area contributed by atoms with E-state index in [9.17, 15) is 13.2 Å². The molecule has 0 unspecified atom stereocenters. The maximum atomic E-state index is 12.7. The van der Waals surface area contributed by atoms with E-state index in [1.807, 2.05) is 31.2 Å². The molecule has 3 rings (SSSR count). The largest absolute Gasteiger partial charge is 0.322 e. The number of rotatable bonds is 5. The van der Waals surface area contributed by atoms with Gasteiger partial charge in [-0.1, -0.05) is 30.3 Å². The number of nitriles is 1. The summed E-state index contributed by atoms with van der Waals surface area (Å²) in [4.78, 5) is 12.5. The summed E-state index contributed by atoms with van der Waals surface area (Å²) in [5.74, 6) is -0.405. The van der Waals surface area contributed by atoms with Gasteiger partial charge >= 0.3 is 0 Å². The zero-order chi connectivity index (χ0) is 20.1. The molecule has 0 aliphatic carbocycles. The van der Waals surface area contributed by atoms with Gasteiger partial charge in [0.25, 0.3) is 15.9 Å². The minimum Gasteiger partial charge on any atom is -0.322 e.